The maximum Gasteiger partial charge on any atom is 0.266 e. The molecule has 2 aliphatic rings. The minimum Gasteiger partial charge on any atom is -0.493 e. The van der Waals surface area contributed by atoms with Crippen LogP contribution in [0.5, 0.6) is 11.5 Å². The molecule has 1 aliphatic heterocycles. The number of amides is 1. The number of hydrogen-bond donors (Lipinski definition) is 1. The zero-order valence-corrected chi connectivity index (χ0v) is 24.0. The van der Waals surface area contributed by atoms with Crippen LogP contribution in [0.3, 0.4) is 0 Å². The van der Waals surface area contributed by atoms with Gasteiger partial charge in [-0.15, -0.1) is 11.3 Å². The highest BCUT2D eigenvalue weighted by molar-refractivity contribution is 7.21. The van der Waals surface area contributed by atoms with Crippen LogP contribution in [0.4, 0.5) is 5.69 Å². The molecule has 39 heavy (non-hydrogen) atoms. The van der Waals surface area contributed by atoms with Gasteiger partial charge in [0.25, 0.3) is 5.91 Å². The monoisotopic (exact) mass is 541 g/mol. The van der Waals surface area contributed by atoms with Gasteiger partial charge < -0.3 is 20.1 Å². The molecular formula is C32H35N3O3S. The highest BCUT2D eigenvalue weighted by Crippen LogP contribution is 2.56. The van der Waals surface area contributed by atoms with Gasteiger partial charge in [0.15, 0.2) is 11.5 Å². The van der Waals surface area contributed by atoms with Gasteiger partial charge in [-0.25, -0.2) is 4.98 Å². The third-order valence-corrected chi connectivity index (χ3v) is 9.81. The zero-order valence-electron chi connectivity index (χ0n) is 23.2. The summed E-state index contributed by atoms with van der Waals surface area (Å²) < 4.78 is 11.4. The number of piperidine rings is 1. The Hall–Kier alpha value is -3.58. The number of thiophene rings is 1. The fraction of sp³-hybridized carbons (Fsp3) is 0.375. The number of fused-ring (bicyclic) bond motifs is 3. The van der Waals surface area contributed by atoms with Crippen molar-refractivity contribution in [2.75, 3.05) is 26.5 Å². The van der Waals surface area contributed by atoms with E-state index in [9.17, 15) is 4.79 Å². The Labute approximate surface area is 233 Å². The molecule has 2 N–H and O–H groups in total. The number of carbonyl (C=O) groups excluding carboxylic acids is 1. The summed E-state index contributed by atoms with van der Waals surface area (Å²) in [6.45, 7) is 7.72. The van der Waals surface area contributed by atoms with Crippen LogP contribution in [0.15, 0.2) is 54.6 Å². The fourth-order valence-electron chi connectivity index (χ4n) is 7.02. The van der Waals surface area contributed by atoms with Crippen molar-refractivity contribution in [3.8, 4) is 33.9 Å². The summed E-state index contributed by atoms with van der Waals surface area (Å²) in [5, 5.41) is 0.780. The van der Waals surface area contributed by atoms with Crippen molar-refractivity contribution >= 4 is 33.1 Å². The summed E-state index contributed by atoms with van der Waals surface area (Å²) in [4.78, 5) is 22.6. The Morgan fingerprint density at radius 2 is 1.82 bits per heavy atom. The van der Waals surface area contributed by atoms with Gasteiger partial charge in [0.05, 0.1) is 25.6 Å². The fourth-order valence-corrected chi connectivity index (χ4v) is 8.10. The molecule has 0 radical (unpaired) electrons. The predicted molar refractivity (Wildman–Crippen MR) is 159 cm³/mol. The Balaban J connectivity index is 1.54. The Bertz CT molecular complexity index is 1580. The first-order chi connectivity index (χ1) is 18.7. The molecule has 2 aromatic heterocycles. The van der Waals surface area contributed by atoms with Gasteiger partial charge in [-0.3, -0.25) is 4.79 Å². The number of carbonyl (C=O) groups is 1. The summed E-state index contributed by atoms with van der Waals surface area (Å²) >= 11 is 1.39. The highest BCUT2D eigenvalue weighted by atomic mass is 32.1. The molecular weight excluding hydrogens is 506 g/mol. The van der Waals surface area contributed by atoms with Gasteiger partial charge in [-0.1, -0.05) is 63.2 Å². The van der Waals surface area contributed by atoms with Crippen molar-refractivity contribution < 1.29 is 14.3 Å². The lowest BCUT2D eigenvalue weighted by Crippen LogP contribution is -2.48. The van der Waals surface area contributed by atoms with E-state index in [4.69, 9.17) is 20.2 Å². The second kappa shape index (κ2) is 9.26. The van der Waals surface area contributed by atoms with Crippen molar-refractivity contribution in [1.29, 1.82) is 0 Å². The van der Waals surface area contributed by atoms with Crippen LogP contribution in [-0.4, -0.2) is 42.6 Å². The Morgan fingerprint density at radius 1 is 1.05 bits per heavy atom. The number of pyridine rings is 1. The number of ether oxygens (including phenoxy) is 2. The van der Waals surface area contributed by atoms with Crippen LogP contribution in [-0.2, 0) is 0 Å². The molecule has 7 heteroatoms. The molecule has 1 saturated heterocycles. The zero-order chi connectivity index (χ0) is 27.5. The standard InChI is InChI=1S/C32H35N3O3S/c1-31(2)18-32(3)14-15-35(24(31)17-32)30(36)28-26(33)25-21(20-12-9-13-23(37-4)27(20)38-5)16-22(34-29(25)39-28)19-10-7-6-8-11-19/h6-13,16,24H,14-15,17-18,33H2,1-5H3. The van der Waals surface area contributed by atoms with Gasteiger partial charge in [0.2, 0.25) is 0 Å². The van der Waals surface area contributed by atoms with E-state index in [1.807, 2.05) is 54.6 Å². The molecule has 2 fully saturated rings. The molecule has 4 aromatic rings. The number of benzene rings is 2. The second-order valence-electron chi connectivity index (χ2n) is 11.9. The molecule has 2 atom stereocenters. The Morgan fingerprint density at radius 3 is 2.54 bits per heavy atom. The van der Waals surface area contributed by atoms with Gasteiger partial charge in [-0.2, -0.15) is 0 Å². The summed E-state index contributed by atoms with van der Waals surface area (Å²) in [6, 6.07) is 18.1. The summed E-state index contributed by atoms with van der Waals surface area (Å²) in [5.41, 5.74) is 11.3. The second-order valence-corrected chi connectivity index (χ2v) is 12.9. The molecule has 2 unspecified atom stereocenters. The van der Waals surface area contributed by atoms with Gasteiger partial charge >= 0.3 is 0 Å². The number of nitrogen functional groups attached to an aromatic ring is 1. The van der Waals surface area contributed by atoms with Gasteiger partial charge in [0, 0.05) is 34.7 Å². The van der Waals surface area contributed by atoms with E-state index >= 15 is 0 Å². The van der Waals surface area contributed by atoms with E-state index in [-0.39, 0.29) is 17.4 Å². The van der Waals surface area contributed by atoms with Crippen molar-refractivity contribution in [3.05, 3.63) is 59.5 Å². The number of likely N-dealkylation sites (tertiary alicyclic amines) is 1. The molecule has 0 spiro atoms. The smallest absolute Gasteiger partial charge is 0.266 e. The molecule has 3 heterocycles. The van der Waals surface area contributed by atoms with Crippen molar-refractivity contribution in [2.45, 2.75) is 46.1 Å². The summed E-state index contributed by atoms with van der Waals surface area (Å²) in [7, 11) is 3.26. The quantitative estimate of drug-likeness (QED) is 0.287. The minimum atomic E-state index is 0.0161. The largest absolute Gasteiger partial charge is 0.493 e. The predicted octanol–water partition coefficient (Wildman–Crippen LogP) is 7.27. The summed E-state index contributed by atoms with van der Waals surface area (Å²) in [5.74, 6) is 1.27. The maximum absolute atomic E-state index is 14.2. The molecule has 202 valence electrons. The van der Waals surface area contributed by atoms with Crippen molar-refractivity contribution in [1.82, 2.24) is 9.88 Å². The van der Waals surface area contributed by atoms with E-state index < -0.39 is 0 Å². The normalized spacial score (nSPS) is 21.8. The van der Waals surface area contributed by atoms with E-state index in [1.165, 1.54) is 11.3 Å². The number of nitrogens with zero attached hydrogens (tertiary/aromatic N) is 2. The van der Waals surface area contributed by atoms with Crippen LogP contribution in [0, 0.1) is 10.8 Å². The van der Waals surface area contributed by atoms with E-state index in [0.717, 1.165) is 58.4 Å². The Kier molecular flexibility index (Phi) is 6.10. The number of rotatable bonds is 5. The van der Waals surface area contributed by atoms with Crippen molar-refractivity contribution in [3.63, 3.8) is 0 Å². The third kappa shape index (κ3) is 4.15. The van der Waals surface area contributed by atoms with E-state index in [2.05, 4.69) is 25.7 Å². The number of methoxy groups -OCH3 is 2. The number of nitrogens with two attached hydrogens (primary N) is 1. The highest BCUT2D eigenvalue weighted by Gasteiger charge is 2.53. The van der Waals surface area contributed by atoms with Crippen molar-refractivity contribution in [2.24, 2.45) is 10.8 Å². The molecule has 6 rings (SSSR count). The molecule has 1 amide bonds. The van der Waals surface area contributed by atoms with Crippen LogP contribution in [0.2, 0.25) is 0 Å². The van der Waals surface area contributed by atoms with Crippen LogP contribution < -0.4 is 15.2 Å². The van der Waals surface area contributed by atoms with Crippen LogP contribution >= 0.6 is 11.3 Å². The molecule has 2 aromatic carbocycles. The number of anilines is 1. The summed E-state index contributed by atoms with van der Waals surface area (Å²) in [6.07, 6.45) is 3.20. The first kappa shape index (κ1) is 25.7. The van der Waals surface area contributed by atoms with Crippen LogP contribution in [0.25, 0.3) is 32.6 Å². The number of aromatic nitrogens is 1. The molecule has 1 aliphatic carbocycles. The van der Waals surface area contributed by atoms with E-state index in [0.29, 0.717) is 27.5 Å². The van der Waals surface area contributed by atoms with Gasteiger partial charge in [-0.05, 0) is 42.2 Å². The third-order valence-electron chi connectivity index (χ3n) is 8.72. The lowest BCUT2D eigenvalue weighted by molar-refractivity contribution is 0.0480. The molecule has 2 bridgehead atoms. The minimum absolute atomic E-state index is 0.0161. The van der Waals surface area contributed by atoms with Crippen LogP contribution in [0.1, 0.15) is 49.7 Å². The number of hydrogen-bond acceptors (Lipinski definition) is 6. The molecule has 6 nitrogen and oxygen atoms in total. The average molecular weight is 542 g/mol. The number of para-hydroxylation sites is 1. The van der Waals surface area contributed by atoms with Gasteiger partial charge in [0.1, 0.15) is 9.71 Å². The maximum atomic E-state index is 14.2. The van der Waals surface area contributed by atoms with E-state index in [1.54, 1.807) is 14.2 Å². The lowest BCUT2D eigenvalue weighted by Gasteiger charge is -2.40. The first-order valence-electron chi connectivity index (χ1n) is 13.5. The topological polar surface area (TPSA) is 77.7 Å². The lowest BCUT2D eigenvalue weighted by atomic mass is 9.81. The SMILES string of the molecule is COc1cccc(-c2cc(-c3ccccc3)nc3sc(C(=O)N4CCC5(C)CC4C(C)(C)C5)c(N)c23)c1OC. The molecule has 1 saturated carbocycles. The average Bonchev–Trinajstić information content (AvgIpc) is 3.36. The first-order valence-corrected chi connectivity index (χ1v) is 14.3.